The molecule has 2 heterocycles. The molecular weight excluding hydrogens is 299 g/mol. The molecule has 2 rings (SSSR count). The topological polar surface area (TPSA) is 58.4 Å². The third-order valence-corrected chi connectivity index (χ3v) is 4.13. The number of aliphatic hydroxyl groups is 1. The van der Waals surface area contributed by atoms with E-state index >= 15 is 0 Å². The quantitative estimate of drug-likeness (QED) is 0.908. The number of aryl methyl sites for hydroxylation is 1. The van der Waals surface area contributed by atoms with Gasteiger partial charge in [-0.15, -0.1) is 0 Å². The Morgan fingerprint density at radius 3 is 2.32 bits per heavy atom. The summed E-state index contributed by atoms with van der Waals surface area (Å²) in [5.74, 6) is -0.206. The number of aromatic nitrogens is 2. The van der Waals surface area contributed by atoms with Crippen molar-refractivity contribution in [3.8, 4) is 0 Å². The molecule has 8 heteroatoms. The largest absolute Gasteiger partial charge is 0.417 e. The molecule has 1 amide bonds. The first-order valence-electron chi connectivity index (χ1n) is 7.17. The van der Waals surface area contributed by atoms with Gasteiger partial charge >= 0.3 is 6.18 Å². The molecule has 0 atom stereocenters. The Bertz CT molecular complexity index is 558. The summed E-state index contributed by atoms with van der Waals surface area (Å²) in [4.78, 5) is 13.6. The van der Waals surface area contributed by atoms with E-state index in [1.165, 1.54) is 4.90 Å². The van der Waals surface area contributed by atoms with Crippen LogP contribution in [0.15, 0.2) is 6.07 Å². The first-order chi connectivity index (χ1) is 10.0. The predicted molar refractivity (Wildman–Crippen MR) is 73.4 cm³/mol. The van der Waals surface area contributed by atoms with E-state index in [1.807, 2.05) is 13.8 Å². The second-order valence-corrected chi connectivity index (χ2v) is 6.05. The number of carbonyl (C=O) groups excluding carboxylic acids is 1. The molecule has 1 fully saturated rings. The minimum atomic E-state index is -4.67. The van der Waals surface area contributed by atoms with Gasteiger partial charge in [-0.2, -0.15) is 18.3 Å². The van der Waals surface area contributed by atoms with E-state index in [2.05, 4.69) is 5.10 Å². The van der Waals surface area contributed by atoms with Gasteiger partial charge in [0, 0.05) is 38.7 Å². The number of piperidine rings is 1. The van der Waals surface area contributed by atoms with Gasteiger partial charge in [0.15, 0.2) is 11.3 Å². The molecule has 0 radical (unpaired) electrons. The first kappa shape index (κ1) is 16.8. The van der Waals surface area contributed by atoms with Crippen LogP contribution in [0.25, 0.3) is 0 Å². The average molecular weight is 319 g/mol. The van der Waals surface area contributed by atoms with E-state index in [0.29, 0.717) is 0 Å². The number of amides is 1. The summed E-state index contributed by atoms with van der Waals surface area (Å²) in [7, 11) is 1.73. The van der Waals surface area contributed by atoms with Crippen molar-refractivity contribution in [2.75, 3.05) is 13.1 Å². The lowest BCUT2D eigenvalue weighted by molar-refractivity contribution is -0.271. The van der Waals surface area contributed by atoms with Crippen molar-refractivity contribution in [1.82, 2.24) is 14.7 Å². The maximum atomic E-state index is 12.8. The Labute approximate surface area is 126 Å². The third kappa shape index (κ3) is 2.97. The number of halogens is 3. The van der Waals surface area contributed by atoms with E-state index in [1.54, 1.807) is 17.8 Å². The van der Waals surface area contributed by atoms with Crippen LogP contribution in [0.5, 0.6) is 0 Å². The summed E-state index contributed by atoms with van der Waals surface area (Å²) in [6, 6.07) is 1.66. The Balaban J connectivity index is 2.09. The molecule has 0 aromatic carbocycles. The third-order valence-electron chi connectivity index (χ3n) is 4.13. The highest BCUT2D eigenvalue weighted by atomic mass is 19.4. The van der Waals surface area contributed by atoms with Crippen molar-refractivity contribution >= 4 is 5.91 Å². The number of carbonyl (C=O) groups is 1. The molecule has 1 aliphatic rings. The summed E-state index contributed by atoms with van der Waals surface area (Å²) >= 11 is 0. The minimum absolute atomic E-state index is 0.136. The molecule has 0 spiro atoms. The maximum absolute atomic E-state index is 12.8. The Kier molecular flexibility index (Phi) is 4.25. The summed E-state index contributed by atoms with van der Waals surface area (Å²) in [6.07, 6.45) is -5.68. The van der Waals surface area contributed by atoms with Crippen LogP contribution < -0.4 is 0 Å². The number of likely N-dealkylation sites (tertiary alicyclic amines) is 1. The van der Waals surface area contributed by atoms with Crippen molar-refractivity contribution < 1.29 is 23.1 Å². The van der Waals surface area contributed by atoms with E-state index in [0.717, 1.165) is 5.69 Å². The molecule has 1 N–H and O–H groups in total. The zero-order valence-electron chi connectivity index (χ0n) is 12.8. The molecule has 1 aromatic heterocycles. The summed E-state index contributed by atoms with van der Waals surface area (Å²) in [5.41, 5.74) is -1.59. The van der Waals surface area contributed by atoms with Crippen LogP contribution in [-0.2, 0) is 7.05 Å². The highest BCUT2D eigenvalue weighted by molar-refractivity contribution is 5.92. The van der Waals surface area contributed by atoms with Gasteiger partial charge < -0.3 is 10.0 Å². The van der Waals surface area contributed by atoms with Gasteiger partial charge in [-0.1, -0.05) is 13.8 Å². The van der Waals surface area contributed by atoms with E-state index in [9.17, 15) is 23.1 Å². The Hall–Kier alpha value is -1.57. The van der Waals surface area contributed by atoms with Crippen molar-refractivity contribution in [2.24, 2.45) is 7.05 Å². The van der Waals surface area contributed by atoms with Crippen LogP contribution in [0.1, 0.15) is 48.8 Å². The van der Waals surface area contributed by atoms with Gasteiger partial charge in [0.05, 0.1) is 0 Å². The SMILES string of the molecule is CC(C)c1cc(C(=O)N2CCC(O)(C(F)(F)F)CC2)nn1C. The van der Waals surface area contributed by atoms with Crippen molar-refractivity contribution in [1.29, 1.82) is 0 Å². The molecule has 5 nitrogen and oxygen atoms in total. The van der Waals surface area contributed by atoms with Crippen LogP contribution >= 0.6 is 0 Å². The van der Waals surface area contributed by atoms with E-state index < -0.39 is 30.5 Å². The molecule has 22 heavy (non-hydrogen) atoms. The molecule has 1 aromatic rings. The van der Waals surface area contributed by atoms with Gasteiger partial charge in [-0.05, 0) is 12.0 Å². The fourth-order valence-electron chi connectivity index (χ4n) is 2.65. The molecule has 1 aliphatic heterocycles. The normalized spacial score (nSPS) is 18.8. The number of rotatable bonds is 2. The lowest BCUT2D eigenvalue weighted by atomic mass is 9.90. The highest BCUT2D eigenvalue weighted by Gasteiger charge is 2.55. The first-order valence-corrected chi connectivity index (χ1v) is 7.17. The highest BCUT2D eigenvalue weighted by Crippen LogP contribution is 2.38. The van der Waals surface area contributed by atoms with Crippen molar-refractivity contribution in [3.63, 3.8) is 0 Å². The van der Waals surface area contributed by atoms with Gasteiger partial charge in [0.25, 0.3) is 5.91 Å². The Morgan fingerprint density at radius 2 is 1.91 bits per heavy atom. The smallest absolute Gasteiger partial charge is 0.380 e. The zero-order chi connectivity index (χ0) is 16.7. The number of alkyl halides is 3. The lowest BCUT2D eigenvalue weighted by Gasteiger charge is -2.38. The summed E-state index contributed by atoms with van der Waals surface area (Å²) in [5, 5.41) is 13.7. The van der Waals surface area contributed by atoms with Crippen LogP contribution in [0.4, 0.5) is 13.2 Å². The van der Waals surface area contributed by atoms with Crippen molar-refractivity contribution in [3.05, 3.63) is 17.5 Å². The van der Waals surface area contributed by atoms with E-state index in [-0.39, 0.29) is 24.7 Å². The maximum Gasteiger partial charge on any atom is 0.417 e. The second-order valence-electron chi connectivity index (χ2n) is 6.05. The average Bonchev–Trinajstić information content (AvgIpc) is 2.80. The second kappa shape index (κ2) is 5.57. The molecule has 0 unspecified atom stereocenters. The molecule has 0 bridgehead atoms. The standard InChI is InChI=1S/C14H20F3N3O2/c1-9(2)11-8-10(18-19(11)3)12(21)20-6-4-13(22,5-7-20)14(15,16)17/h8-9,22H,4-7H2,1-3H3. The summed E-state index contributed by atoms with van der Waals surface area (Å²) in [6.45, 7) is 3.66. The van der Waals surface area contributed by atoms with Crippen LogP contribution in [0, 0.1) is 0 Å². The summed E-state index contributed by atoms with van der Waals surface area (Å²) < 4.78 is 39.9. The van der Waals surface area contributed by atoms with Crippen LogP contribution in [-0.4, -0.2) is 50.6 Å². The van der Waals surface area contributed by atoms with Gasteiger partial charge in [-0.25, -0.2) is 0 Å². The minimum Gasteiger partial charge on any atom is -0.380 e. The number of nitrogens with zero attached hydrogens (tertiary/aromatic N) is 3. The van der Waals surface area contributed by atoms with E-state index in [4.69, 9.17) is 0 Å². The van der Waals surface area contributed by atoms with Gasteiger partial charge in [0.2, 0.25) is 0 Å². The molecule has 0 saturated carbocycles. The van der Waals surface area contributed by atoms with Gasteiger partial charge in [-0.3, -0.25) is 9.48 Å². The monoisotopic (exact) mass is 319 g/mol. The lowest BCUT2D eigenvalue weighted by Crippen LogP contribution is -2.54. The zero-order valence-corrected chi connectivity index (χ0v) is 12.8. The Morgan fingerprint density at radius 1 is 1.36 bits per heavy atom. The van der Waals surface area contributed by atoms with Gasteiger partial charge in [0.1, 0.15) is 0 Å². The number of hydrogen-bond acceptors (Lipinski definition) is 3. The van der Waals surface area contributed by atoms with Crippen molar-refractivity contribution in [2.45, 2.75) is 44.4 Å². The van der Waals surface area contributed by atoms with Crippen LogP contribution in [0.2, 0.25) is 0 Å². The molecule has 124 valence electrons. The molecule has 1 saturated heterocycles. The fraction of sp³-hybridized carbons (Fsp3) is 0.714. The van der Waals surface area contributed by atoms with Crippen LogP contribution in [0.3, 0.4) is 0 Å². The molecular formula is C14H20F3N3O2. The molecule has 0 aliphatic carbocycles. The number of hydrogen-bond donors (Lipinski definition) is 1. The predicted octanol–water partition coefficient (Wildman–Crippen LogP) is 2.07. The fourth-order valence-corrected chi connectivity index (χ4v) is 2.65.